The molecule has 0 aliphatic carbocycles. The van der Waals surface area contributed by atoms with Crippen molar-refractivity contribution in [2.75, 3.05) is 0 Å². The lowest BCUT2D eigenvalue weighted by atomic mass is 10.1. The van der Waals surface area contributed by atoms with Crippen molar-refractivity contribution in [1.29, 1.82) is 0 Å². The van der Waals surface area contributed by atoms with Crippen LogP contribution in [0.5, 0.6) is 0 Å². The third-order valence-corrected chi connectivity index (χ3v) is 5.24. The molecule has 0 aliphatic rings. The second-order valence-corrected chi connectivity index (χ2v) is 7.43. The van der Waals surface area contributed by atoms with Gasteiger partial charge in [-0.05, 0) is 42.0 Å². The van der Waals surface area contributed by atoms with Gasteiger partial charge in [0.15, 0.2) is 0 Å². The topological polar surface area (TPSA) is 54.9 Å². The summed E-state index contributed by atoms with van der Waals surface area (Å²) in [5.41, 5.74) is 3.12. The van der Waals surface area contributed by atoms with Crippen molar-refractivity contribution in [1.82, 2.24) is 15.3 Å². The van der Waals surface area contributed by atoms with Crippen LogP contribution in [0.2, 0.25) is 4.34 Å². The average Bonchev–Trinajstić information content (AvgIpc) is 3.12. The molecule has 0 aliphatic heterocycles. The van der Waals surface area contributed by atoms with Crippen molar-refractivity contribution in [2.45, 2.75) is 6.54 Å². The van der Waals surface area contributed by atoms with Crippen molar-refractivity contribution in [3.8, 4) is 10.6 Å². The van der Waals surface area contributed by atoms with Gasteiger partial charge in [0.25, 0.3) is 5.91 Å². The predicted octanol–water partition coefficient (Wildman–Crippen LogP) is 4.94. The first-order valence-electron chi connectivity index (χ1n) is 8.03. The van der Waals surface area contributed by atoms with Gasteiger partial charge in [0.2, 0.25) is 0 Å². The molecule has 0 spiro atoms. The van der Waals surface area contributed by atoms with Crippen LogP contribution in [0.4, 0.5) is 0 Å². The summed E-state index contributed by atoms with van der Waals surface area (Å²) in [4.78, 5) is 22.4. The zero-order valence-corrected chi connectivity index (χ0v) is 15.2. The molecule has 1 aromatic carbocycles. The van der Waals surface area contributed by atoms with Gasteiger partial charge in [-0.25, -0.2) is 4.98 Å². The van der Waals surface area contributed by atoms with Gasteiger partial charge in [0.05, 0.1) is 26.0 Å². The van der Waals surface area contributed by atoms with Crippen molar-refractivity contribution in [3.05, 3.63) is 82.5 Å². The average molecular weight is 380 g/mol. The Morgan fingerprint density at radius 1 is 1.08 bits per heavy atom. The molecule has 3 heterocycles. The Hall–Kier alpha value is -2.76. The Kier molecular flexibility index (Phi) is 4.65. The van der Waals surface area contributed by atoms with Gasteiger partial charge in [-0.15, -0.1) is 11.3 Å². The summed E-state index contributed by atoms with van der Waals surface area (Å²) in [6, 6.07) is 17.0. The molecule has 26 heavy (non-hydrogen) atoms. The monoisotopic (exact) mass is 379 g/mol. The Balaban J connectivity index is 1.71. The first-order chi connectivity index (χ1) is 12.7. The summed E-state index contributed by atoms with van der Waals surface area (Å²) in [5.74, 6) is -0.135. The van der Waals surface area contributed by atoms with E-state index in [9.17, 15) is 4.79 Å². The maximum absolute atomic E-state index is 12.8. The van der Waals surface area contributed by atoms with Crippen LogP contribution < -0.4 is 5.32 Å². The molecule has 3 aromatic heterocycles. The van der Waals surface area contributed by atoms with Gasteiger partial charge in [0.1, 0.15) is 0 Å². The van der Waals surface area contributed by atoms with E-state index in [2.05, 4.69) is 15.3 Å². The lowest BCUT2D eigenvalue weighted by Gasteiger charge is -2.10. The standard InChI is InChI=1S/C20H14ClN3OS/c21-19-6-5-18(26-19)17-11-15(14-3-1-2-4-16(14)24-17)20(25)23-12-13-7-9-22-10-8-13/h1-11H,12H2,(H,23,25). The van der Waals surface area contributed by atoms with Gasteiger partial charge in [0, 0.05) is 24.3 Å². The Bertz CT molecular complexity index is 1080. The molecule has 0 bridgehead atoms. The Morgan fingerprint density at radius 3 is 2.65 bits per heavy atom. The molecule has 0 radical (unpaired) electrons. The molecule has 0 atom stereocenters. The van der Waals surface area contributed by atoms with Gasteiger partial charge < -0.3 is 5.32 Å². The maximum atomic E-state index is 12.8. The van der Waals surface area contributed by atoms with E-state index in [1.165, 1.54) is 11.3 Å². The summed E-state index contributed by atoms with van der Waals surface area (Å²) in [6.45, 7) is 0.443. The molecule has 1 amide bonds. The fourth-order valence-electron chi connectivity index (χ4n) is 2.72. The Labute approximate surface area is 159 Å². The molecule has 6 heteroatoms. The van der Waals surface area contributed by atoms with Crippen LogP contribution >= 0.6 is 22.9 Å². The van der Waals surface area contributed by atoms with Crippen LogP contribution in [0.3, 0.4) is 0 Å². The number of pyridine rings is 2. The highest BCUT2D eigenvalue weighted by atomic mass is 35.5. The third kappa shape index (κ3) is 3.45. The smallest absolute Gasteiger partial charge is 0.252 e. The largest absolute Gasteiger partial charge is 0.348 e. The number of hydrogen-bond donors (Lipinski definition) is 1. The minimum Gasteiger partial charge on any atom is -0.348 e. The van der Waals surface area contributed by atoms with E-state index in [1.54, 1.807) is 12.4 Å². The molecule has 0 saturated heterocycles. The number of aromatic nitrogens is 2. The van der Waals surface area contributed by atoms with E-state index in [0.29, 0.717) is 16.4 Å². The molecule has 4 nitrogen and oxygen atoms in total. The number of amides is 1. The summed E-state index contributed by atoms with van der Waals surface area (Å²) in [6.07, 6.45) is 3.42. The highest BCUT2D eigenvalue weighted by Gasteiger charge is 2.14. The SMILES string of the molecule is O=C(NCc1ccncc1)c1cc(-c2ccc(Cl)s2)nc2ccccc12. The molecular formula is C20H14ClN3OS. The molecular weight excluding hydrogens is 366 g/mol. The van der Waals surface area contributed by atoms with E-state index in [1.807, 2.05) is 54.6 Å². The number of carbonyl (C=O) groups is 1. The number of nitrogens with zero attached hydrogens (tertiary/aromatic N) is 2. The van der Waals surface area contributed by atoms with Crippen LogP contribution in [0.25, 0.3) is 21.5 Å². The van der Waals surface area contributed by atoms with Crippen LogP contribution in [0.15, 0.2) is 67.0 Å². The van der Waals surface area contributed by atoms with E-state index in [4.69, 9.17) is 11.6 Å². The minimum atomic E-state index is -0.135. The van der Waals surface area contributed by atoms with Crippen LogP contribution in [0, 0.1) is 0 Å². The van der Waals surface area contributed by atoms with Gasteiger partial charge in [-0.2, -0.15) is 0 Å². The number of nitrogens with one attached hydrogen (secondary N) is 1. The molecule has 128 valence electrons. The number of rotatable bonds is 4. The highest BCUT2D eigenvalue weighted by Crippen LogP contribution is 2.32. The zero-order valence-electron chi connectivity index (χ0n) is 13.6. The molecule has 1 N–H and O–H groups in total. The maximum Gasteiger partial charge on any atom is 0.252 e. The molecule has 0 fully saturated rings. The second-order valence-electron chi connectivity index (χ2n) is 5.71. The second kappa shape index (κ2) is 7.23. The van der Waals surface area contributed by atoms with E-state index >= 15 is 0 Å². The van der Waals surface area contributed by atoms with E-state index in [0.717, 1.165) is 27.0 Å². The van der Waals surface area contributed by atoms with Crippen molar-refractivity contribution >= 4 is 39.7 Å². The number of para-hydroxylation sites is 1. The first kappa shape index (κ1) is 16.7. The van der Waals surface area contributed by atoms with Gasteiger partial charge in [-0.3, -0.25) is 9.78 Å². The van der Waals surface area contributed by atoms with Crippen LogP contribution in [-0.2, 0) is 6.54 Å². The van der Waals surface area contributed by atoms with Gasteiger partial charge >= 0.3 is 0 Å². The van der Waals surface area contributed by atoms with Crippen molar-refractivity contribution in [3.63, 3.8) is 0 Å². The summed E-state index contributed by atoms with van der Waals surface area (Å²) in [7, 11) is 0. The van der Waals surface area contributed by atoms with Crippen molar-refractivity contribution < 1.29 is 4.79 Å². The number of benzene rings is 1. The molecule has 4 aromatic rings. The summed E-state index contributed by atoms with van der Waals surface area (Å²) in [5, 5.41) is 3.80. The Morgan fingerprint density at radius 2 is 1.88 bits per heavy atom. The number of fused-ring (bicyclic) bond motifs is 1. The number of thiophene rings is 1. The van der Waals surface area contributed by atoms with Crippen molar-refractivity contribution in [2.24, 2.45) is 0 Å². The molecule has 0 unspecified atom stereocenters. The fraction of sp³-hybridized carbons (Fsp3) is 0.0500. The number of carbonyl (C=O) groups excluding carboxylic acids is 1. The van der Waals surface area contributed by atoms with E-state index < -0.39 is 0 Å². The normalized spacial score (nSPS) is 10.8. The minimum absolute atomic E-state index is 0.135. The summed E-state index contributed by atoms with van der Waals surface area (Å²) >= 11 is 7.50. The lowest BCUT2D eigenvalue weighted by Crippen LogP contribution is -2.23. The molecule has 0 saturated carbocycles. The zero-order chi connectivity index (χ0) is 17.9. The summed E-state index contributed by atoms with van der Waals surface area (Å²) < 4.78 is 0.693. The lowest BCUT2D eigenvalue weighted by molar-refractivity contribution is 0.0952. The number of halogens is 1. The highest BCUT2D eigenvalue weighted by molar-refractivity contribution is 7.19. The van der Waals surface area contributed by atoms with E-state index in [-0.39, 0.29) is 5.91 Å². The first-order valence-corrected chi connectivity index (χ1v) is 9.23. The van der Waals surface area contributed by atoms with Gasteiger partial charge in [-0.1, -0.05) is 29.8 Å². The predicted molar refractivity (Wildman–Crippen MR) is 105 cm³/mol. The quantitative estimate of drug-likeness (QED) is 0.546. The van der Waals surface area contributed by atoms with Crippen LogP contribution in [-0.4, -0.2) is 15.9 Å². The third-order valence-electron chi connectivity index (χ3n) is 3.99. The number of hydrogen-bond acceptors (Lipinski definition) is 4. The van der Waals surface area contributed by atoms with Crippen LogP contribution in [0.1, 0.15) is 15.9 Å². The molecule has 4 rings (SSSR count). The fourth-order valence-corrected chi connectivity index (χ4v) is 3.72.